The van der Waals surface area contributed by atoms with Gasteiger partial charge in [0.1, 0.15) is 22.3 Å². The van der Waals surface area contributed by atoms with Gasteiger partial charge in [0.15, 0.2) is 11.5 Å². The maximum absolute atomic E-state index is 9.69. The Morgan fingerprint density at radius 3 is 2.77 bits per heavy atom. The normalized spacial score (nSPS) is 11.7. The molecule has 3 aromatic heterocycles. The molecule has 0 aliphatic carbocycles. The zero-order valence-electron chi connectivity index (χ0n) is 15.4. The molecule has 0 bridgehead atoms. The van der Waals surface area contributed by atoms with E-state index < -0.39 is 0 Å². The molecule has 0 atom stereocenters. The molecule has 0 spiro atoms. The first-order chi connectivity index (χ1) is 14.7. The van der Waals surface area contributed by atoms with Crippen LogP contribution in [0.5, 0.6) is 0 Å². The third-order valence-electron chi connectivity index (χ3n) is 4.55. The number of furan rings is 1. The molecule has 0 amide bonds. The lowest BCUT2D eigenvalue weighted by atomic mass is 10.0. The molecule has 3 heterocycles. The maximum atomic E-state index is 9.69. The van der Waals surface area contributed by atoms with Crippen LogP contribution in [0.2, 0.25) is 5.02 Å². The second-order valence-electron chi connectivity index (χ2n) is 6.48. The molecule has 7 heteroatoms. The van der Waals surface area contributed by atoms with Crippen molar-refractivity contribution in [2.45, 2.75) is 0 Å². The van der Waals surface area contributed by atoms with Gasteiger partial charge in [-0.25, -0.2) is 4.98 Å². The molecule has 5 aromatic rings. The van der Waals surface area contributed by atoms with Crippen molar-refractivity contribution < 1.29 is 8.94 Å². The van der Waals surface area contributed by atoms with E-state index in [-0.39, 0.29) is 0 Å². The largest absolute Gasteiger partial charge is 0.463 e. The van der Waals surface area contributed by atoms with Crippen LogP contribution in [0.15, 0.2) is 75.2 Å². The van der Waals surface area contributed by atoms with Gasteiger partial charge in [-0.3, -0.25) is 0 Å². The quantitative estimate of drug-likeness (QED) is 0.289. The van der Waals surface area contributed by atoms with Gasteiger partial charge in [0.2, 0.25) is 0 Å². The average molecular weight is 430 g/mol. The number of nitriles is 1. The molecule has 0 saturated carbocycles. The van der Waals surface area contributed by atoms with Crippen molar-refractivity contribution in [3.8, 4) is 28.8 Å². The third kappa shape index (κ3) is 3.41. The number of nitrogens with zero attached hydrogens (tertiary/aromatic N) is 3. The second kappa shape index (κ2) is 7.64. The number of aromatic nitrogens is 2. The lowest BCUT2D eigenvalue weighted by molar-refractivity contribution is 0.441. The Labute approximate surface area is 180 Å². The SMILES string of the molecule is N#C/C(=C\c1ccc2noc(-c3ccc(Cl)cc3)c2c1)c1nc(-c2ccco2)cs1. The first kappa shape index (κ1) is 18.4. The summed E-state index contributed by atoms with van der Waals surface area (Å²) >= 11 is 7.39. The summed E-state index contributed by atoms with van der Waals surface area (Å²) in [5.41, 5.74) is 3.66. The van der Waals surface area contributed by atoms with Gasteiger partial charge in [-0.05, 0) is 60.2 Å². The van der Waals surface area contributed by atoms with Crippen LogP contribution < -0.4 is 0 Å². The maximum Gasteiger partial charge on any atom is 0.174 e. The number of hydrogen-bond acceptors (Lipinski definition) is 6. The standard InChI is InChI=1S/C23H12ClN3O2S/c24-17-6-4-15(5-7-17)22-18-11-14(3-8-19(18)27-29-22)10-16(12-25)23-26-20(13-30-23)21-2-1-9-28-21/h1-11,13H/b16-10+. The van der Waals surface area contributed by atoms with Gasteiger partial charge >= 0.3 is 0 Å². The predicted molar refractivity (Wildman–Crippen MR) is 118 cm³/mol. The molecule has 0 radical (unpaired) electrons. The summed E-state index contributed by atoms with van der Waals surface area (Å²) in [5.74, 6) is 1.33. The van der Waals surface area contributed by atoms with Crippen LogP contribution in [0.25, 0.3) is 45.3 Å². The lowest BCUT2D eigenvalue weighted by Gasteiger charge is -1.99. The van der Waals surface area contributed by atoms with Crippen LogP contribution in [0.3, 0.4) is 0 Å². The number of hydrogen-bond donors (Lipinski definition) is 0. The minimum absolute atomic E-state index is 0.474. The molecule has 2 aromatic carbocycles. The summed E-state index contributed by atoms with van der Waals surface area (Å²) in [5, 5.41) is 17.9. The molecular weight excluding hydrogens is 418 g/mol. The van der Waals surface area contributed by atoms with E-state index in [0.29, 0.717) is 32.8 Å². The zero-order valence-corrected chi connectivity index (χ0v) is 16.9. The fraction of sp³-hybridized carbons (Fsp3) is 0. The zero-order chi connectivity index (χ0) is 20.5. The van der Waals surface area contributed by atoms with E-state index in [1.165, 1.54) is 11.3 Å². The number of benzene rings is 2. The monoisotopic (exact) mass is 429 g/mol. The number of halogens is 1. The predicted octanol–water partition coefficient (Wildman–Crippen LogP) is 6.93. The number of allylic oxidation sites excluding steroid dienone is 1. The fourth-order valence-corrected chi connectivity index (χ4v) is 4.00. The second-order valence-corrected chi connectivity index (χ2v) is 7.77. The van der Waals surface area contributed by atoms with Gasteiger partial charge in [-0.2, -0.15) is 5.26 Å². The topological polar surface area (TPSA) is 75.8 Å². The van der Waals surface area contributed by atoms with Gasteiger partial charge in [0.05, 0.1) is 17.2 Å². The first-order valence-electron chi connectivity index (χ1n) is 8.98. The summed E-state index contributed by atoms with van der Waals surface area (Å²) in [4.78, 5) is 4.54. The Balaban J connectivity index is 1.54. The van der Waals surface area contributed by atoms with Crippen molar-refractivity contribution in [2.75, 3.05) is 0 Å². The van der Waals surface area contributed by atoms with Crippen molar-refractivity contribution >= 4 is 45.5 Å². The average Bonchev–Trinajstić information content (AvgIpc) is 3.52. The summed E-state index contributed by atoms with van der Waals surface area (Å²) in [6.45, 7) is 0. The van der Waals surface area contributed by atoms with Crippen LogP contribution in [-0.4, -0.2) is 10.1 Å². The highest BCUT2D eigenvalue weighted by atomic mass is 35.5. The number of thiazole rings is 1. The van der Waals surface area contributed by atoms with E-state index in [1.807, 2.05) is 66.1 Å². The smallest absolute Gasteiger partial charge is 0.174 e. The van der Waals surface area contributed by atoms with E-state index in [4.69, 9.17) is 20.5 Å². The molecule has 144 valence electrons. The molecular formula is C23H12ClN3O2S. The molecule has 0 aliphatic rings. The molecule has 0 saturated heterocycles. The van der Waals surface area contributed by atoms with Crippen molar-refractivity contribution in [1.82, 2.24) is 10.1 Å². The Kier molecular flexibility index (Phi) is 4.68. The number of rotatable bonds is 4. The summed E-state index contributed by atoms with van der Waals surface area (Å²) in [6.07, 6.45) is 3.41. The van der Waals surface area contributed by atoms with Gasteiger partial charge in [0.25, 0.3) is 0 Å². The van der Waals surface area contributed by atoms with Crippen LogP contribution in [0, 0.1) is 11.3 Å². The van der Waals surface area contributed by atoms with Crippen molar-refractivity contribution in [2.24, 2.45) is 0 Å². The van der Waals surface area contributed by atoms with Crippen LogP contribution in [0.4, 0.5) is 0 Å². The molecule has 0 N–H and O–H groups in total. The first-order valence-corrected chi connectivity index (χ1v) is 10.2. The Morgan fingerprint density at radius 2 is 2.00 bits per heavy atom. The van der Waals surface area contributed by atoms with E-state index in [1.54, 1.807) is 6.26 Å². The third-order valence-corrected chi connectivity index (χ3v) is 5.67. The lowest BCUT2D eigenvalue weighted by Crippen LogP contribution is -1.83. The molecule has 0 fully saturated rings. The highest BCUT2D eigenvalue weighted by Gasteiger charge is 2.13. The molecule has 0 aliphatic heterocycles. The molecule has 5 nitrogen and oxygen atoms in total. The summed E-state index contributed by atoms with van der Waals surface area (Å²) in [7, 11) is 0. The Hall–Kier alpha value is -3.66. The van der Waals surface area contributed by atoms with E-state index in [0.717, 1.165) is 22.0 Å². The van der Waals surface area contributed by atoms with Crippen molar-refractivity contribution in [3.05, 3.63) is 81.8 Å². The van der Waals surface area contributed by atoms with E-state index >= 15 is 0 Å². The Morgan fingerprint density at radius 1 is 1.13 bits per heavy atom. The van der Waals surface area contributed by atoms with Crippen molar-refractivity contribution in [3.63, 3.8) is 0 Å². The number of fused-ring (bicyclic) bond motifs is 1. The highest BCUT2D eigenvalue weighted by molar-refractivity contribution is 7.11. The van der Waals surface area contributed by atoms with Gasteiger partial charge in [-0.15, -0.1) is 11.3 Å². The Bertz CT molecular complexity index is 1410. The molecule has 5 rings (SSSR count). The molecule has 30 heavy (non-hydrogen) atoms. The van der Waals surface area contributed by atoms with Gasteiger partial charge in [0, 0.05) is 16.0 Å². The van der Waals surface area contributed by atoms with Crippen molar-refractivity contribution in [1.29, 1.82) is 5.26 Å². The van der Waals surface area contributed by atoms with Gasteiger partial charge < -0.3 is 8.94 Å². The van der Waals surface area contributed by atoms with Crippen LogP contribution in [-0.2, 0) is 0 Å². The minimum atomic E-state index is 0.474. The van der Waals surface area contributed by atoms with Crippen LogP contribution >= 0.6 is 22.9 Å². The summed E-state index contributed by atoms with van der Waals surface area (Å²) < 4.78 is 10.9. The van der Waals surface area contributed by atoms with E-state index in [9.17, 15) is 5.26 Å². The summed E-state index contributed by atoms with van der Waals surface area (Å²) in [6, 6.07) is 19.0. The van der Waals surface area contributed by atoms with Crippen LogP contribution in [0.1, 0.15) is 10.6 Å². The molecule has 0 unspecified atom stereocenters. The van der Waals surface area contributed by atoms with E-state index in [2.05, 4.69) is 16.2 Å². The minimum Gasteiger partial charge on any atom is -0.463 e. The highest BCUT2D eigenvalue weighted by Crippen LogP contribution is 2.32. The van der Waals surface area contributed by atoms with Gasteiger partial charge in [-0.1, -0.05) is 22.8 Å². The fourth-order valence-electron chi connectivity index (χ4n) is 3.10.